The van der Waals surface area contributed by atoms with Gasteiger partial charge >= 0.3 is 6.01 Å². The third-order valence-corrected chi connectivity index (χ3v) is 15.6. The van der Waals surface area contributed by atoms with Gasteiger partial charge in [0.1, 0.15) is 29.1 Å². The van der Waals surface area contributed by atoms with Gasteiger partial charge in [0.05, 0.1) is 34.8 Å². The van der Waals surface area contributed by atoms with Crippen molar-refractivity contribution < 1.29 is 33.4 Å². The van der Waals surface area contributed by atoms with Gasteiger partial charge in [-0.3, -0.25) is 24.3 Å². The Kier molecular flexibility index (Phi) is 16.2. The zero-order chi connectivity index (χ0) is 51.2. The maximum atomic E-state index is 17.2. The highest BCUT2D eigenvalue weighted by molar-refractivity contribution is 6.24. The Morgan fingerprint density at radius 3 is 2.41 bits per heavy atom. The van der Waals surface area contributed by atoms with Crippen molar-refractivity contribution in [2.45, 2.75) is 90.1 Å². The highest BCUT2D eigenvalue weighted by Crippen LogP contribution is 2.47. The van der Waals surface area contributed by atoms with E-state index in [2.05, 4.69) is 44.1 Å². The molecule has 1 aliphatic carbocycles. The number of likely N-dealkylation sites (N-methyl/N-ethyl adjacent to an activating group) is 1. The summed E-state index contributed by atoms with van der Waals surface area (Å²) in [4.78, 5) is 76.3. The number of carbonyl (C=O) groups is 4. The second-order valence-electron chi connectivity index (χ2n) is 20.7. The van der Waals surface area contributed by atoms with Crippen LogP contribution in [0.3, 0.4) is 0 Å². The lowest BCUT2D eigenvalue weighted by molar-refractivity contribution is -0.121. The van der Waals surface area contributed by atoms with Gasteiger partial charge < -0.3 is 44.9 Å². The zero-order valence-corrected chi connectivity index (χ0v) is 42.9. The van der Waals surface area contributed by atoms with Crippen molar-refractivity contribution in [3.63, 3.8) is 0 Å². The first-order valence-electron chi connectivity index (χ1n) is 26.5. The van der Waals surface area contributed by atoms with Crippen molar-refractivity contribution in [2.75, 3.05) is 95.9 Å². The number of halogens is 1. The number of fused-ring (bicyclic) bond motifs is 3. The van der Waals surface area contributed by atoms with Crippen LogP contribution in [0.4, 0.5) is 15.9 Å². The lowest BCUT2D eigenvalue weighted by atomic mass is 9.94. The molecule has 0 bridgehead atoms. The molecular weight excluding hydrogens is 928 g/mol. The van der Waals surface area contributed by atoms with Crippen LogP contribution in [0, 0.1) is 17.2 Å². The fourth-order valence-corrected chi connectivity index (χ4v) is 11.2. The molecule has 2 aromatic heterocycles. The summed E-state index contributed by atoms with van der Waals surface area (Å²) < 4.78 is 23.8. The van der Waals surface area contributed by atoms with E-state index in [0.717, 1.165) is 132 Å². The first kappa shape index (κ1) is 51.6. The molecule has 2 atom stereocenters. The normalized spacial score (nSPS) is 18.0. The number of aromatic nitrogens is 3. The number of hydrogen-bond donors (Lipinski definition) is 3. The predicted molar refractivity (Wildman–Crippen MR) is 282 cm³/mol. The Hall–Kier alpha value is -6.30. The number of carbonyl (C=O) groups excluding carboxylic acids is 4. The molecular formula is C56H71FN10O6. The van der Waals surface area contributed by atoms with Crippen molar-refractivity contribution in [2.24, 2.45) is 11.3 Å². The summed E-state index contributed by atoms with van der Waals surface area (Å²) in [6.07, 6.45) is 10.2. The first-order chi connectivity index (χ1) is 35.5. The van der Waals surface area contributed by atoms with Crippen molar-refractivity contribution in [3.05, 3.63) is 77.7 Å². The Balaban J connectivity index is 0.837. The molecule has 0 radical (unpaired) electrons. The maximum absolute atomic E-state index is 17.2. The van der Waals surface area contributed by atoms with Crippen molar-refractivity contribution in [1.82, 2.24) is 40.3 Å². The number of pyridine rings is 1. The van der Waals surface area contributed by atoms with Gasteiger partial charge in [-0.25, -0.2) is 4.39 Å². The van der Waals surface area contributed by atoms with Crippen LogP contribution in [0.1, 0.15) is 98.8 Å². The number of rotatable bonds is 23. The fourth-order valence-electron chi connectivity index (χ4n) is 11.2. The molecule has 3 N–H and O–H groups in total. The molecule has 3 aliphatic heterocycles. The monoisotopic (exact) mass is 999 g/mol. The summed E-state index contributed by atoms with van der Waals surface area (Å²) in [5, 5.41) is 18.8. The van der Waals surface area contributed by atoms with E-state index in [9.17, 15) is 24.3 Å². The van der Waals surface area contributed by atoms with Gasteiger partial charge in [0.25, 0.3) is 11.8 Å². The van der Waals surface area contributed by atoms with Gasteiger partial charge in [-0.15, -0.1) is 0 Å². The molecule has 9 rings (SSSR count). The van der Waals surface area contributed by atoms with E-state index in [1.807, 2.05) is 37.4 Å². The molecule has 0 spiro atoms. The third kappa shape index (κ3) is 11.3. The van der Waals surface area contributed by atoms with Crippen LogP contribution in [0.5, 0.6) is 11.8 Å². The number of piperidine rings is 1. The van der Waals surface area contributed by atoms with E-state index in [1.54, 1.807) is 30.5 Å². The SMILES string of the molecule is CCCCN(CC(CCC)NC)c1nc(OCC2(CN3CCN(CC4CCN(c5cccc6c5C(=O)N(C(C=O)CCC(=O)NC)C6=O)CC4)CC3)CC2)nc2c(F)c(-c3cc(O)cc4ccccc34)ncc12. The minimum Gasteiger partial charge on any atom is -0.508 e. The van der Waals surface area contributed by atoms with Crippen LogP contribution in [0.25, 0.3) is 32.9 Å². The number of nitrogens with zero attached hydrogens (tertiary/aromatic N) is 8. The average Bonchev–Trinajstić information content (AvgIpc) is 4.13. The van der Waals surface area contributed by atoms with Crippen LogP contribution in [0.15, 0.2) is 60.8 Å². The van der Waals surface area contributed by atoms with Gasteiger partial charge in [-0.1, -0.05) is 57.0 Å². The number of hydrogen-bond acceptors (Lipinski definition) is 14. The van der Waals surface area contributed by atoms with Gasteiger partial charge in [-0.05, 0) is 92.9 Å². The summed E-state index contributed by atoms with van der Waals surface area (Å²) in [5.74, 6) is -0.673. The summed E-state index contributed by atoms with van der Waals surface area (Å²) >= 11 is 0. The molecule has 2 unspecified atom stereocenters. The van der Waals surface area contributed by atoms with Crippen molar-refractivity contribution >= 4 is 57.2 Å². The molecule has 3 aromatic carbocycles. The van der Waals surface area contributed by atoms with E-state index in [4.69, 9.17) is 19.7 Å². The molecule has 17 heteroatoms. The topological polar surface area (TPSA) is 177 Å². The number of nitrogens with one attached hydrogen (secondary N) is 2. The Bertz CT molecular complexity index is 2810. The number of amides is 3. The number of aldehydes is 1. The summed E-state index contributed by atoms with van der Waals surface area (Å²) in [6.45, 7) is 13.4. The first-order valence-corrected chi connectivity index (χ1v) is 26.5. The molecule has 4 aliphatic rings. The Morgan fingerprint density at radius 1 is 0.932 bits per heavy atom. The number of piperazine rings is 1. The fraction of sp³-hybridized carbons (Fsp3) is 0.518. The molecule has 5 heterocycles. The Morgan fingerprint density at radius 2 is 1.70 bits per heavy atom. The molecule has 5 aromatic rings. The van der Waals surface area contributed by atoms with Crippen LogP contribution in [0.2, 0.25) is 0 Å². The third-order valence-electron chi connectivity index (χ3n) is 15.6. The van der Waals surface area contributed by atoms with Crippen molar-refractivity contribution in [1.29, 1.82) is 0 Å². The number of imide groups is 1. The number of anilines is 2. The summed E-state index contributed by atoms with van der Waals surface area (Å²) in [6, 6.07) is 15.5. The second-order valence-corrected chi connectivity index (χ2v) is 20.7. The van der Waals surface area contributed by atoms with E-state index < -0.39 is 23.7 Å². The smallest absolute Gasteiger partial charge is 0.319 e. The predicted octanol–water partition coefficient (Wildman–Crippen LogP) is 7.07. The van der Waals surface area contributed by atoms with Gasteiger partial charge in [0.15, 0.2) is 5.82 Å². The van der Waals surface area contributed by atoms with Crippen LogP contribution in [-0.2, 0) is 9.59 Å². The van der Waals surface area contributed by atoms with Gasteiger partial charge in [0.2, 0.25) is 5.91 Å². The molecule has 3 fully saturated rings. The lowest BCUT2D eigenvalue weighted by Crippen LogP contribution is -2.50. The standard InChI is InChI=1S/C56H71FN10O6/c1-5-7-22-66(33-39(58-3)11-6-2)52-45-31-60-50(44-30-41(69)29-38-12-8-9-13-42(38)44)49(57)51(45)61-55(62-52)73-36-56(20-21-56)35-64-27-25-63(26-28-64)32-37-18-23-65(24-19-37)46-15-10-14-43-48(46)54(72)67(53(43)71)40(34-68)16-17-47(70)59-4/h8-10,12-15,29-31,34,37,39-40,58,69H,5-7,11,16-28,32-33,35-36H2,1-4H3,(H,59,70). The number of unbranched alkanes of at least 4 members (excludes halogenated alkanes) is 1. The number of aromatic hydroxyl groups is 1. The largest absolute Gasteiger partial charge is 0.508 e. The van der Waals surface area contributed by atoms with E-state index in [0.29, 0.717) is 53.3 Å². The maximum Gasteiger partial charge on any atom is 0.319 e. The van der Waals surface area contributed by atoms with E-state index in [-0.39, 0.29) is 53.2 Å². The summed E-state index contributed by atoms with van der Waals surface area (Å²) in [5.41, 5.74) is 2.07. The van der Waals surface area contributed by atoms with Gasteiger partial charge in [0, 0.05) is 102 Å². The van der Waals surface area contributed by atoms with Crippen LogP contribution >= 0.6 is 0 Å². The zero-order valence-electron chi connectivity index (χ0n) is 42.9. The van der Waals surface area contributed by atoms with Crippen LogP contribution in [-0.4, -0.2) is 157 Å². The summed E-state index contributed by atoms with van der Waals surface area (Å²) in [7, 11) is 3.49. The molecule has 73 heavy (non-hydrogen) atoms. The molecule has 3 amide bonds. The van der Waals surface area contributed by atoms with Crippen molar-refractivity contribution in [3.8, 4) is 23.0 Å². The molecule has 1 saturated carbocycles. The Labute approximate surface area is 427 Å². The highest BCUT2D eigenvalue weighted by atomic mass is 19.1. The number of phenols is 1. The number of benzene rings is 3. The average molecular weight is 999 g/mol. The van der Waals surface area contributed by atoms with E-state index >= 15 is 4.39 Å². The minimum atomic E-state index is -1.01. The molecule has 388 valence electrons. The minimum absolute atomic E-state index is 0.0292. The molecule has 16 nitrogen and oxygen atoms in total. The van der Waals surface area contributed by atoms with Gasteiger partial charge in [-0.2, -0.15) is 9.97 Å². The lowest BCUT2D eigenvalue weighted by Gasteiger charge is -2.40. The second kappa shape index (κ2) is 22.9. The number of ether oxygens (including phenoxy) is 1. The van der Waals surface area contributed by atoms with E-state index in [1.165, 1.54) is 7.05 Å². The highest BCUT2D eigenvalue weighted by Gasteiger charge is 2.46. The number of phenolic OH excluding ortho intramolecular Hbond substituents is 1. The molecule has 2 saturated heterocycles. The quantitative estimate of drug-likeness (QED) is 0.0448. The van der Waals surface area contributed by atoms with Crippen LogP contribution < -0.4 is 25.2 Å².